The van der Waals surface area contributed by atoms with Crippen LogP contribution in [-0.4, -0.2) is 60.9 Å². The van der Waals surface area contributed by atoms with Crippen LogP contribution in [0.2, 0.25) is 0 Å². The molecular weight excluding hydrogens is 192 g/mol. The molecule has 0 aliphatic carbocycles. The van der Waals surface area contributed by atoms with Crippen molar-refractivity contribution in [3.05, 3.63) is 0 Å². The number of carboxylic acid groups (broad SMARTS) is 1. The number of aliphatic carboxylic acids is 1. The third kappa shape index (κ3) is 22.5. The van der Waals surface area contributed by atoms with Gasteiger partial charge in [-0.2, -0.15) is 0 Å². The molecule has 0 aromatic rings. The average molecular weight is 210 g/mol. The van der Waals surface area contributed by atoms with Crippen LogP contribution in [0.4, 0.5) is 0 Å². The molecule has 0 heterocycles. The second-order valence-corrected chi connectivity index (χ2v) is 2.09. The molecule has 0 unspecified atom stereocenters. The van der Waals surface area contributed by atoms with Crippen molar-refractivity contribution in [2.24, 2.45) is 0 Å². The van der Waals surface area contributed by atoms with E-state index in [1.54, 1.807) is 6.92 Å². The van der Waals surface area contributed by atoms with Crippen LogP contribution in [0.5, 0.6) is 0 Å². The third-order valence-corrected chi connectivity index (χ3v) is 0.901. The second-order valence-electron chi connectivity index (χ2n) is 2.09. The third-order valence-electron chi connectivity index (χ3n) is 0.901. The number of aliphatic hydroxyl groups excluding tert-OH is 2. The van der Waals surface area contributed by atoms with E-state index in [2.05, 4.69) is 9.47 Å². The van der Waals surface area contributed by atoms with E-state index < -0.39 is 5.97 Å². The molecule has 0 spiro atoms. The van der Waals surface area contributed by atoms with Crippen LogP contribution in [0.25, 0.3) is 0 Å². The Morgan fingerprint density at radius 3 is 1.86 bits per heavy atom. The molecule has 0 saturated heterocycles. The first-order valence-electron chi connectivity index (χ1n) is 4.28. The molecule has 0 bridgehead atoms. The zero-order valence-corrected chi connectivity index (χ0v) is 8.31. The lowest BCUT2D eigenvalue weighted by Gasteiger charge is -1.94. The van der Waals surface area contributed by atoms with Crippen LogP contribution in [0.3, 0.4) is 0 Å². The highest BCUT2D eigenvalue weighted by Crippen LogP contribution is 1.69. The predicted molar refractivity (Wildman–Crippen MR) is 49.1 cm³/mol. The Kier molecular flexibility index (Phi) is 16.7. The van der Waals surface area contributed by atoms with Gasteiger partial charge in [0.1, 0.15) is 6.61 Å². The summed E-state index contributed by atoms with van der Waals surface area (Å²) in [6.07, 6.45) is 0. The van der Waals surface area contributed by atoms with Gasteiger partial charge in [0.05, 0.1) is 26.4 Å². The highest BCUT2D eigenvalue weighted by Gasteiger charge is 1.90. The van der Waals surface area contributed by atoms with Gasteiger partial charge in [-0.25, -0.2) is 4.79 Å². The smallest absolute Gasteiger partial charge is 0.329 e. The fourth-order valence-electron chi connectivity index (χ4n) is 0.421. The molecule has 0 saturated carbocycles. The lowest BCUT2D eigenvalue weighted by Crippen LogP contribution is -2.05. The maximum Gasteiger partial charge on any atom is 0.329 e. The minimum absolute atomic E-state index is 0.0278. The second kappa shape index (κ2) is 14.8. The van der Waals surface area contributed by atoms with Crippen LogP contribution in [0.1, 0.15) is 6.92 Å². The normalized spacial score (nSPS) is 9.07. The number of aliphatic hydroxyl groups is 2. The van der Waals surface area contributed by atoms with Crippen LogP contribution in [-0.2, 0) is 14.3 Å². The minimum atomic E-state index is -0.915. The van der Waals surface area contributed by atoms with Gasteiger partial charge in [-0.05, 0) is 6.92 Å². The van der Waals surface area contributed by atoms with Crippen molar-refractivity contribution in [1.29, 1.82) is 0 Å². The maximum absolute atomic E-state index is 9.63. The van der Waals surface area contributed by atoms with Crippen LogP contribution < -0.4 is 0 Å². The highest BCUT2D eigenvalue weighted by molar-refractivity contribution is 5.67. The summed E-state index contributed by atoms with van der Waals surface area (Å²) >= 11 is 0. The summed E-state index contributed by atoms with van der Waals surface area (Å²) < 4.78 is 9.13. The van der Waals surface area contributed by atoms with Gasteiger partial charge >= 0.3 is 5.97 Å². The van der Waals surface area contributed by atoms with Gasteiger partial charge in [0.2, 0.25) is 0 Å². The number of rotatable bonds is 7. The van der Waals surface area contributed by atoms with Gasteiger partial charge in [-0.15, -0.1) is 0 Å². The first kappa shape index (κ1) is 15.8. The molecule has 3 N–H and O–H groups in total. The number of carboxylic acids is 1. The van der Waals surface area contributed by atoms with Gasteiger partial charge in [-0.3, -0.25) is 0 Å². The van der Waals surface area contributed by atoms with E-state index in [1.165, 1.54) is 0 Å². The topological polar surface area (TPSA) is 96.2 Å². The van der Waals surface area contributed by atoms with Gasteiger partial charge in [-0.1, -0.05) is 0 Å². The number of carbonyl (C=O) groups is 1. The van der Waals surface area contributed by atoms with Crippen molar-refractivity contribution in [2.75, 3.05) is 39.6 Å². The van der Waals surface area contributed by atoms with Crippen LogP contribution >= 0.6 is 0 Å². The highest BCUT2D eigenvalue weighted by atomic mass is 16.5. The van der Waals surface area contributed by atoms with Crippen molar-refractivity contribution >= 4 is 5.97 Å². The first-order chi connectivity index (χ1) is 6.68. The van der Waals surface area contributed by atoms with Gasteiger partial charge < -0.3 is 24.8 Å². The number of hydrogen-bond acceptors (Lipinski definition) is 5. The van der Waals surface area contributed by atoms with E-state index in [4.69, 9.17) is 15.3 Å². The molecule has 0 fully saturated rings. The largest absolute Gasteiger partial charge is 0.480 e. The van der Waals surface area contributed by atoms with Gasteiger partial charge in [0.25, 0.3) is 0 Å². The molecule has 0 aliphatic rings. The Hall–Kier alpha value is -0.690. The molecule has 6 nitrogen and oxygen atoms in total. The van der Waals surface area contributed by atoms with Gasteiger partial charge in [0, 0.05) is 6.61 Å². The van der Waals surface area contributed by atoms with Crippen LogP contribution in [0, 0.1) is 0 Å². The quantitative estimate of drug-likeness (QED) is 0.471. The molecule has 6 heteroatoms. The zero-order valence-electron chi connectivity index (χ0n) is 8.31. The number of hydrogen-bond donors (Lipinski definition) is 3. The summed E-state index contributed by atoms with van der Waals surface area (Å²) in [5, 5.41) is 24.1. The van der Waals surface area contributed by atoms with E-state index in [-0.39, 0.29) is 19.8 Å². The molecule has 0 aromatic carbocycles. The molecule has 14 heavy (non-hydrogen) atoms. The van der Waals surface area contributed by atoms with Crippen molar-refractivity contribution < 1.29 is 29.6 Å². The van der Waals surface area contributed by atoms with Crippen molar-refractivity contribution in [3.63, 3.8) is 0 Å². The molecule has 0 radical (unpaired) electrons. The van der Waals surface area contributed by atoms with Crippen LogP contribution in [0.15, 0.2) is 0 Å². The van der Waals surface area contributed by atoms with Crippen molar-refractivity contribution in [3.8, 4) is 0 Å². The molecule has 0 atom stereocenters. The Morgan fingerprint density at radius 2 is 1.64 bits per heavy atom. The summed E-state index contributed by atoms with van der Waals surface area (Å²) in [5.41, 5.74) is 0. The first-order valence-corrected chi connectivity index (χ1v) is 4.28. The fourth-order valence-corrected chi connectivity index (χ4v) is 0.421. The summed E-state index contributed by atoms with van der Waals surface area (Å²) in [6, 6.07) is 0. The Labute approximate surface area is 83.1 Å². The Balaban J connectivity index is 0. The van der Waals surface area contributed by atoms with E-state index in [0.717, 1.165) is 0 Å². The van der Waals surface area contributed by atoms with E-state index in [9.17, 15) is 4.79 Å². The average Bonchev–Trinajstić information content (AvgIpc) is 2.16. The zero-order chi connectivity index (χ0) is 11.2. The van der Waals surface area contributed by atoms with Crippen molar-refractivity contribution in [1.82, 2.24) is 0 Å². The standard InChI is InChI=1S/C4H10O3.C4H8O3/c5-1-3-7-4-2-6;1-2-7-3-4(5)6/h5-6H,1-4H2;2-3H2,1H3,(H,5,6). The lowest BCUT2D eigenvalue weighted by molar-refractivity contribution is -0.142. The molecule has 0 aromatic heterocycles. The van der Waals surface area contributed by atoms with Crippen molar-refractivity contribution in [2.45, 2.75) is 6.92 Å². The summed E-state index contributed by atoms with van der Waals surface area (Å²) in [7, 11) is 0. The Bertz CT molecular complexity index is 112. The molecule has 0 amide bonds. The molecule has 86 valence electrons. The summed E-state index contributed by atoms with van der Waals surface area (Å²) in [4.78, 5) is 9.63. The fraction of sp³-hybridized carbons (Fsp3) is 0.875. The lowest BCUT2D eigenvalue weighted by atomic mass is 10.7. The molecular formula is C8H18O6. The molecule has 0 rings (SSSR count). The van der Waals surface area contributed by atoms with E-state index >= 15 is 0 Å². The Morgan fingerprint density at radius 1 is 1.14 bits per heavy atom. The minimum Gasteiger partial charge on any atom is -0.480 e. The van der Waals surface area contributed by atoms with E-state index in [0.29, 0.717) is 19.8 Å². The SMILES string of the molecule is CCOCC(=O)O.OCCOCCO. The molecule has 0 aliphatic heterocycles. The monoisotopic (exact) mass is 210 g/mol. The number of ether oxygens (including phenoxy) is 2. The maximum atomic E-state index is 9.63. The predicted octanol–water partition coefficient (Wildman–Crippen LogP) is -0.905. The summed E-state index contributed by atoms with van der Waals surface area (Å²) in [5.74, 6) is -0.915. The van der Waals surface area contributed by atoms with Gasteiger partial charge in [0.15, 0.2) is 0 Å². The van der Waals surface area contributed by atoms with E-state index in [1.807, 2.05) is 0 Å². The summed E-state index contributed by atoms with van der Waals surface area (Å²) in [6.45, 7) is 2.73.